The highest BCUT2D eigenvalue weighted by Gasteiger charge is 2.30. The summed E-state index contributed by atoms with van der Waals surface area (Å²) in [7, 11) is -3.81. The fraction of sp³-hybridized carbons (Fsp3) is 0.391. The number of halogens is 2. The number of benzene rings is 2. The Balaban J connectivity index is 2.39. The molecule has 0 aliphatic heterocycles. The van der Waals surface area contributed by atoms with E-state index in [4.69, 9.17) is 27.9 Å². The molecule has 2 rings (SSSR count). The maximum absolute atomic E-state index is 13.4. The number of rotatable bonds is 11. The van der Waals surface area contributed by atoms with Crippen molar-refractivity contribution in [2.45, 2.75) is 33.4 Å². The van der Waals surface area contributed by atoms with Gasteiger partial charge in [-0.2, -0.15) is 0 Å². The van der Waals surface area contributed by atoms with E-state index in [1.165, 1.54) is 4.90 Å². The number of carbonyl (C=O) groups excluding carboxylic acids is 2. The number of carbonyl (C=O) groups is 2. The van der Waals surface area contributed by atoms with Crippen LogP contribution >= 0.6 is 23.2 Å². The smallest absolute Gasteiger partial charge is 0.244 e. The normalized spacial score (nSPS) is 12.1. The second kappa shape index (κ2) is 12.3. The highest BCUT2D eigenvalue weighted by atomic mass is 35.5. The second-order valence-corrected chi connectivity index (χ2v) is 10.3. The molecule has 34 heavy (non-hydrogen) atoms. The topological polar surface area (TPSA) is 96.0 Å². The summed E-state index contributed by atoms with van der Waals surface area (Å²) >= 11 is 12.3. The molecule has 0 aliphatic carbocycles. The van der Waals surface area contributed by atoms with Crippen LogP contribution in [0.5, 0.6) is 5.75 Å². The lowest BCUT2D eigenvalue weighted by Crippen LogP contribution is -2.51. The van der Waals surface area contributed by atoms with E-state index in [1.54, 1.807) is 56.3 Å². The summed E-state index contributed by atoms with van der Waals surface area (Å²) < 4.78 is 31.5. The summed E-state index contributed by atoms with van der Waals surface area (Å²) in [6.07, 6.45) is 1.02. The van der Waals surface area contributed by atoms with Crippen LogP contribution in [-0.4, -0.2) is 57.1 Å². The van der Waals surface area contributed by atoms with Gasteiger partial charge in [0.2, 0.25) is 21.8 Å². The first-order chi connectivity index (χ1) is 16.0. The van der Waals surface area contributed by atoms with E-state index in [9.17, 15) is 18.0 Å². The van der Waals surface area contributed by atoms with Crippen molar-refractivity contribution in [3.05, 3.63) is 58.1 Å². The zero-order valence-corrected chi connectivity index (χ0v) is 21.9. The van der Waals surface area contributed by atoms with Crippen LogP contribution < -0.4 is 14.4 Å². The Morgan fingerprint density at radius 3 is 2.26 bits per heavy atom. The minimum Gasteiger partial charge on any atom is -0.494 e. The van der Waals surface area contributed by atoms with E-state index >= 15 is 0 Å². The third-order valence-corrected chi connectivity index (χ3v) is 6.72. The van der Waals surface area contributed by atoms with Crippen molar-refractivity contribution in [1.29, 1.82) is 0 Å². The molecule has 1 atom stereocenters. The fourth-order valence-corrected chi connectivity index (χ4v) is 4.54. The summed E-state index contributed by atoms with van der Waals surface area (Å²) in [5.41, 5.74) is 0.872. The van der Waals surface area contributed by atoms with Crippen molar-refractivity contribution < 1.29 is 22.7 Å². The average molecular weight is 530 g/mol. The lowest BCUT2D eigenvalue weighted by molar-refractivity contribution is -0.139. The SMILES string of the molecule is CCNC(=O)[C@@H](C)N(Cc1ccc(Cl)cc1Cl)C(=O)CN(c1ccc(OCC)cc1)S(C)(=O)=O. The number of amides is 2. The monoisotopic (exact) mass is 529 g/mol. The number of sulfonamides is 1. The number of nitrogens with one attached hydrogen (secondary N) is 1. The molecule has 8 nitrogen and oxygen atoms in total. The van der Waals surface area contributed by atoms with Gasteiger partial charge in [-0.3, -0.25) is 13.9 Å². The molecule has 0 bridgehead atoms. The van der Waals surface area contributed by atoms with Gasteiger partial charge in [0.1, 0.15) is 18.3 Å². The zero-order chi connectivity index (χ0) is 25.5. The first kappa shape index (κ1) is 27.8. The molecule has 2 aromatic carbocycles. The molecule has 2 amide bonds. The second-order valence-electron chi connectivity index (χ2n) is 7.52. The molecular formula is C23H29Cl2N3O5S. The molecule has 0 radical (unpaired) electrons. The van der Waals surface area contributed by atoms with Gasteiger partial charge < -0.3 is 15.0 Å². The first-order valence-corrected chi connectivity index (χ1v) is 13.3. The predicted molar refractivity (Wildman–Crippen MR) is 135 cm³/mol. The van der Waals surface area contributed by atoms with E-state index in [0.717, 1.165) is 10.6 Å². The van der Waals surface area contributed by atoms with Crippen LogP contribution in [0.25, 0.3) is 0 Å². The van der Waals surface area contributed by atoms with Crippen molar-refractivity contribution in [2.24, 2.45) is 0 Å². The number of ether oxygens (including phenoxy) is 1. The zero-order valence-electron chi connectivity index (χ0n) is 19.5. The summed E-state index contributed by atoms with van der Waals surface area (Å²) in [5, 5.41) is 3.46. The molecule has 0 spiro atoms. The van der Waals surface area contributed by atoms with E-state index in [-0.39, 0.29) is 12.5 Å². The van der Waals surface area contributed by atoms with Crippen LogP contribution in [0, 0.1) is 0 Å². The van der Waals surface area contributed by atoms with E-state index in [1.807, 2.05) is 6.92 Å². The Labute approximate surface area is 210 Å². The van der Waals surface area contributed by atoms with E-state index < -0.39 is 28.5 Å². The van der Waals surface area contributed by atoms with Gasteiger partial charge in [-0.05, 0) is 62.7 Å². The number of hydrogen-bond acceptors (Lipinski definition) is 5. The Hall–Kier alpha value is -2.49. The molecule has 0 heterocycles. The molecule has 0 aliphatic rings. The minimum atomic E-state index is -3.81. The van der Waals surface area contributed by atoms with Crippen molar-refractivity contribution in [2.75, 3.05) is 30.3 Å². The first-order valence-electron chi connectivity index (χ1n) is 10.7. The molecule has 0 unspecified atom stereocenters. The minimum absolute atomic E-state index is 0.00594. The summed E-state index contributed by atoms with van der Waals surface area (Å²) in [5.74, 6) is -0.355. The molecule has 0 saturated heterocycles. The molecule has 2 aromatic rings. The Morgan fingerprint density at radius 2 is 1.74 bits per heavy atom. The third kappa shape index (κ3) is 7.51. The lowest BCUT2D eigenvalue weighted by atomic mass is 10.1. The Morgan fingerprint density at radius 1 is 1.09 bits per heavy atom. The highest BCUT2D eigenvalue weighted by molar-refractivity contribution is 7.92. The standard InChI is InChI=1S/C23H29Cl2N3O5S/c1-5-26-23(30)16(3)27(14-17-7-8-18(24)13-21(17)25)22(29)15-28(34(4,31)32)19-9-11-20(12-10-19)33-6-2/h7-13,16H,5-6,14-15H2,1-4H3,(H,26,30)/t16-/m1/s1. The number of nitrogens with zero attached hydrogens (tertiary/aromatic N) is 2. The van der Waals surface area contributed by atoms with Crippen LogP contribution in [0.1, 0.15) is 26.3 Å². The van der Waals surface area contributed by atoms with E-state index in [2.05, 4.69) is 5.32 Å². The molecule has 0 aromatic heterocycles. The van der Waals surface area contributed by atoms with Crippen LogP contribution in [0.2, 0.25) is 10.0 Å². The van der Waals surface area contributed by atoms with Gasteiger partial charge in [0.05, 0.1) is 18.6 Å². The van der Waals surface area contributed by atoms with Crippen LogP contribution in [0.3, 0.4) is 0 Å². The number of likely N-dealkylation sites (N-methyl/N-ethyl adjacent to an activating group) is 1. The Kier molecular flexibility index (Phi) is 10.0. The predicted octanol–water partition coefficient (Wildman–Crippen LogP) is 3.71. The molecule has 0 saturated carbocycles. The molecule has 1 N–H and O–H groups in total. The van der Waals surface area contributed by atoms with Crippen molar-refractivity contribution >= 4 is 50.7 Å². The van der Waals surface area contributed by atoms with Gasteiger partial charge in [-0.15, -0.1) is 0 Å². The van der Waals surface area contributed by atoms with Gasteiger partial charge in [0, 0.05) is 23.1 Å². The summed E-state index contributed by atoms with van der Waals surface area (Å²) in [4.78, 5) is 27.3. The largest absolute Gasteiger partial charge is 0.494 e. The molecule has 11 heteroatoms. The third-order valence-electron chi connectivity index (χ3n) is 4.99. The van der Waals surface area contributed by atoms with E-state index in [0.29, 0.717) is 40.2 Å². The maximum Gasteiger partial charge on any atom is 0.244 e. The highest BCUT2D eigenvalue weighted by Crippen LogP contribution is 2.25. The van der Waals surface area contributed by atoms with Gasteiger partial charge in [0.15, 0.2) is 0 Å². The fourth-order valence-electron chi connectivity index (χ4n) is 3.23. The number of hydrogen-bond donors (Lipinski definition) is 1. The van der Waals surface area contributed by atoms with Crippen molar-refractivity contribution in [1.82, 2.24) is 10.2 Å². The molecular weight excluding hydrogens is 501 g/mol. The molecule has 186 valence electrons. The Bertz CT molecular complexity index is 1110. The van der Waals surface area contributed by atoms with Gasteiger partial charge >= 0.3 is 0 Å². The van der Waals surface area contributed by atoms with Crippen LogP contribution in [-0.2, 0) is 26.2 Å². The van der Waals surface area contributed by atoms with Gasteiger partial charge in [-0.25, -0.2) is 8.42 Å². The van der Waals surface area contributed by atoms with Crippen molar-refractivity contribution in [3.63, 3.8) is 0 Å². The van der Waals surface area contributed by atoms with Gasteiger partial charge in [0.25, 0.3) is 0 Å². The molecule has 0 fully saturated rings. The van der Waals surface area contributed by atoms with Gasteiger partial charge in [-0.1, -0.05) is 29.3 Å². The van der Waals surface area contributed by atoms with Crippen LogP contribution in [0.15, 0.2) is 42.5 Å². The lowest BCUT2D eigenvalue weighted by Gasteiger charge is -2.31. The number of anilines is 1. The summed E-state index contributed by atoms with van der Waals surface area (Å²) in [6.45, 7) is 5.53. The van der Waals surface area contributed by atoms with Crippen LogP contribution in [0.4, 0.5) is 5.69 Å². The summed E-state index contributed by atoms with van der Waals surface area (Å²) in [6, 6.07) is 10.3. The maximum atomic E-state index is 13.4. The van der Waals surface area contributed by atoms with Crippen molar-refractivity contribution in [3.8, 4) is 5.75 Å². The quantitative estimate of drug-likeness (QED) is 0.478. The average Bonchev–Trinajstić information content (AvgIpc) is 2.76.